The first kappa shape index (κ1) is 14.5. The molecule has 0 saturated heterocycles. The Morgan fingerprint density at radius 1 is 1.26 bits per heavy atom. The SMILES string of the molecule is CCNC1c2cc(C(C)C)ccc2S(=O)(=O)C1CC. The van der Waals surface area contributed by atoms with E-state index in [1.807, 2.05) is 19.9 Å². The summed E-state index contributed by atoms with van der Waals surface area (Å²) in [6.45, 7) is 9.00. The molecule has 1 aliphatic rings. The smallest absolute Gasteiger partial charge is 0.183 e. The molecule has 1 N–H and O–H groups in total. The third-order valence-corrected chi connectivity index (χ3v) is 6.33. The van der Waals surface area contributed by atoms with E-state index in [9.17, 15) is 8.42 Å². The summed E-state index contributed by atoms with van der Waals surface area (Å²) in [6, 6.07) is 5.75. The lowest BCUT2D eigenvalue weighted by Gasteiger charge is -2.19. The molecule has 0 bridgehead atoms. The summed E-state index contributed by atoms with van der Waals surface area (Å²) >= 11 is 0. The molecule has 2 unspecified atom stereocenters. The molecule has 2 rings (SSSR count). The fourth-order valence-corrected chi connectivity index (χ4v) is 5.03. The lowest BCUT2D eigenvalue weighted by Crippen LogP contribution is -2.31. The Morgan fingerprint density at radius 3 is 2.47 bits per heavy atom. The van der Waals surface area contributed by atoms with E-state index in [1.54, 1.807) is 6.07 Å². The Bertz CT molecular complexity index is 564. The van der Waals surface area contributed by atoms with Crippen LogP contribution in [0.2, 0.25) is 0 Å². The highest BCUT2D eigenvalue weighted by molar-refractivity contribution is 7.92. The fraction of sp³-hybridized carbons (Fsp3) is 0.600. The van der Waals surface area contributed by atoms with Crippen molar-refractivity contribution in [3.05, 3.63) is 29.3 Å². The van der Waals surface area contributed by atoms with E-state index >= 15 is 0 Å². The highest BCUT2D eigenvalue weighted by atomic mass is 32.2. The van der Waals surface area contributed by atoms with Crippen molar-refractivity contribution in [2.75, 3.05) is 6.54 Å². The van der Waals surface area contributed by atoms with Crippen molar-refractivity contribution in [1.29, 1.82) is 0 Å². The van der Waals surface area contributed by atoms with Crippen LogP contribution < -0.4 is 5.32 Å². The standard InChI is InChI=1S/C15H23NO2S/c1-5-13-15(16-6-2)12-9-11(10(3)4)7-8-14(12)19(13,17)18/h7-10,13,15-16H,5-6H2,1-4H3. The number of fused-ring (bicyclic) bond motifs is 1. The second-order valence-corrected chi connectivity index (χ2v) is 7.61. The van der Waals surface area contributed by atoms with Crippen molar-refractivity contribution in [1.82, 2.24) is 5.32 Å². The van der Waals surface area contributed by atoms with E-state index in [4.69, 9.17) is 0 Å². The number of sulfone groups is 1. The van der Waals surface area contributed by atoms with Gasteiger partial charge in [0.1, 0.15) is 0 Å². The average molecular weight is 281 g/mol. The molecule has 19 heavy (non-hydrogen) atoms. The van der Waals surface area contributed by atoms with Crippen LogP contribution >= 0.6 is 0 Å². The third-order valence-electron chi connectivity index (χ3n) is 3.94. The molecule has 0 saturated carbocycles. The quantitative estimate of drug-likeness (QED) is 0.922. The van der Waals surface area contributed by atoms with E-state index in [0.29, 0.717) is 17.2 Å². The lowest BCUT2D eigenvalue weighted by molar-refractivity contribution is 0.505. The van der Waals surface area contributed by atoms with Crippen LogP contribution in [0.5, 0.6) is 0 Å². The highest BCUT2D eigenvalue weighted by Crippen LogP contribution is 2.41. The third kappa shape index (κ3) is 2.32. The normalized spacial score (nSPS) is 24.7. The van der Waals surface area contributed by atoms with Gasteiger partial charge in [0.15, 0.2) is 9.84 Å². The monoisotopic (exact) mass is 281 g/mol. The molecule has 0 spiro atoms. The zero-order valence-electron chi connectivity index (χ0n) is 12.1. The minimum Gasteiger partial charge on any atom is -0.309 e. The van der Waals surface area contributed by atoms with Crippen molar-refractivity contribution in [2.24, 2.45) is 0 Å². The molecule has 106 valence electrons. The van der Waals surface area contributed by atoms with Gasteiger partial charge in [-0.3, -0.25) is 0 Å². The fourth-order valence-electron chi connectivity index (χ4n) is 2.89. The Balaban J connectivity index is 2.58. The number of benzene rings is 1. The number of nitrogens with one attached hydrogen (secondary N) is 1. The van der Waals surface area contributed by atoms with Gasteiger partial charge in [0.2, 0.25) is 0 Å². The van der Waals surface area contributed by atoms with Gasteiger partial charge in [-0.15, -0.1) is 0 Å². The summed E-state index contributed by atoms with van der Waals surface area (Å²) in [7, 11) is -3.17. The summed E-state index contributed by atoms with van der Waals surface area (Å²) in [5.41, 5.74) is 2.16. The Morgan fingerprint density at radius 2 is 1.95 bits per heavy atom. The van der Waals surface area contributed by atoms with Crippen molar-refractivity contribution < 1.29 is 8.42 Å². The molecule has 3 nitrogen and oxygen atoms in total. The van der Waals surface area contributed by atoms with Crippen molar-refractivity contribution in [3.63, 3.8) is 0 Å². The van der Waals surface area contributed by atoms with Crippen molar-refractivity contribution >= 4 is 9.84 Å². The maximum absolute atomic E-state index is 12.5. The first-order chi connectivity index (χ1) is 8.93. The number of hydrogen-bond donors (Lipinski definition) is 1. The van der Waals surface area contributed by atoms with Crippen LogP contribution in [0.1, 0.15) is 57.2 Å². The summed E-state index contributed by atoms with van der Waals surface area (Å²) in [6.07, 6.45) is 0.645. The van der Waals surface area contributed by atoms with Gasteiger partial charge in [-0.05, 0) is 36.1 Å². The molecule has 1 aliphatic heterocycles. The van der Waals surface area contributed by atoms with Gasteiger partial charge >= 0.3 is 0 Å². The van der Waals surface area contributed by atoms with Crippen molar-refractivity contribution in [3.8, 4) is 0 Å². The van der Waals surface area contributed by atoms with Gasteiger partial charge in [0, 0.05) is 0 Å². The van der Waals surface area contributed by atoms with Crippen LogP contribution in [0.15, 0.2) is 23.1 Å². The van der Waals surface area contributed by atoms with E-state index in [0.717, 1.165) is 12.1 Å². The topological polar surface area (TPSA) is 46.2 Å². The first-order valence-electron chi connectivity index (χ1n) is 7.04. The molecule has 0 radical (unpaired) electrons. The molecule has 0 aromatic heterocycles. The first-order valence-corrected chi connectivity index (χ1v) is 8.59. The molecule has 1 aromatic carbocycles. The molecule has 1 aromatic rings. The lowest BCUT2D eigenvalue weighted by atomic mass is 9.96. The Labute approximate surface area is 116 Å². The second-order valence-electron chi connectivity index (χ2n) is 5.48. The van der Waals surface area contributed by atoms with E-state index in [-0.39, 0.29) is 11.3 Å². The molecule has 0 aliphatic carbocycles. The van der Waals surface area contributed by atoms with Gasteiger partial charge in [-0.25, -0.2) is 8.42 Å². The predicted octanol–water partition coefficient (Wildman–Crippen LogP) is 3.03. The molecule has 2 atom stereocenters. The Hall–Kier alpha value is -0.870. The second kappa shape index (κ2) is 5.25. The van der Waals surface area contributed by atoms with Crippen LogP contribution in [0.25, 0.3) is 0 Å². The van der Waals surface area contributed by atoms with Crippen LogP contribution in [0.4, 0.5) is 0 Å². The maximum atomic E-state index is 12.5. The van der Waals surface area contributed by atoms with Crippen LogP contribution in [0, 0.1) is 0 Å². The Kier molecular flexibility index (Phi) is 4.02. The minimum absolute atomic E-state index is 0.0614. The molecule has 0 fully saturated rings. The van der Waals surface area contributed by atoms with Gasteiger partial charge < -0.3 is 5.32 Å². The van der Waals surface area contributed by atoms with Gasteiger partial charge in [-0.1, -0.05) is 39.8 Å². The maximum Gasteiger partial charge on any atom is 0.183 e. The summed E-state index contributed by atoms with van der Waals surface area (Å²) in [4.78, 5) is 0.523. The zero-order chi connectivity index (χ0) is 14.2. The van der Waals surface area contributed by atoms with Crippen LogP contribution in [-0.4, -0.2) is 20.2 Å². The molecule has 1 heterocycles. The van der Waals surface area contributed by atoms with Crippen LogP contribution in [-0.2, 0) is 9.84 Å². The summed E-state index contributed by atoms with van der Waals surface area (Å²) < 4.78 is 25.1. The predicted molar refractivity (Wildman–Crippen MR) is 78.2 cm³/mol. The van der Waals surface area contributed by atoms with Gasteiger partial charge in [0.05, 0.1) is 16.2 Å². The van der Waals surface area contributed by atoms with Gasteiger partial charge in [-0.2, -0.15) is 0 Å². The summed E-state index contributed by atoms with van der Waals surface area (Å²) in [5.74, 6) is 0.413. The van der Waals surface area contributed by atoms with E-state index < -0.39 is 9.84 Å². The molecular weight excluding hydrogens is 258 g/mol. The summed E-state index contributed by atoms with van der Waals surface area (Å²) in [5, 5.41) is 3.02. The number of hydrogen-bond acceptors (Lipinski definition) is 3. The van der Waals surface area contributed by atoms with Crippen LogP contribution in [0.3, 0.4) is 0 Å². The molecule has 4 heteroatoms. The highest BCUT2D eigenvalue weighted by Gasteiger charge is 2.43. The van der Waals surface area contributed by atoms with Crippen molar-refractivity contribution in [2.45, 2.75) is 56.2 Å². The zero-order valence-corrected chi connectivity index (χ0v) is 12.9. The minimum atomic E-state index is -3.17. The molecule has 0 amide bonds. The number of rotatable bonds is 4. The van der Waals surface area contributed by atoms with E-state index in [2.05, 4.69) is 25.2 Å². The average Bonchev–Trinajstić information content (AvgIpc) is 2.57. The molecular formula is C15H23NO2S. The van der Waals surface area contributed by atoms with Gasteiger partial charge in [0.25, 0.3) is 0 Å². The largest absolute Gasteiger partial charge is 0.309 e. The van der Waals surface area contributed by atoms with E-state index in [1.165, 1.54) is 5.56 Å².